The highest BCUT2D eigenvalue weighted by atomic mass is 16.5. The first-order valence-electron chi connectivity index (χ1n) is 7.43. The van der Waals surface area contributed by atoms with Crippen molar-refractivity contribution in [3.8, 4) is 0 Å². The lowest BCUT2D eigenvalue weighted by atomic mass is 9.83. The molecule has 1 aliphatic heterocycles. The van der Waals surface area contributed by atoms with Crippen molar-refractivity contribution in [2.24, 2.45) is 17.1 Å². The zero-order chi connectivity index (χ0) is 14.6. The maximum Gasteiger partial charge on any atom is 0.237 e. The lowest BCUT2D eigenvalue weighted by molar-refractivity contribution is -0.126. The molecule has 3 N–H and O–H groups in total. The van der Waals surface area contributed by atoms with Gasteiger partial charge in [-0.15, -0.1) is 0 Å². The van der Waals surface area contributed by atoms with Crippen LogP contribution in [0.3, 0.4) is 0 Å². The van der Waals surface area contributed by atoms with E-state index in [1.807, 2.05) is 6.92 Å². The molecule has 0 radical (unpaired) electrons. The van der Waals surface area contributed by atoms with Crippen molar-refractivity contribution in [3.63, 3.8) is 0 Å². The van der Waals surface area contributed by atoms with Crippen molar-refractivity contribution in [1.29, 1.82) is 0 Å². The molecule has 1 heterocycles. The Labute approximate surface area is 117 Å². The molecule has 0 aromatic carbocycles. The summed E-state index contributed by atoms with van der Waals surface area (Å²) in [5, 5.41) is 3.09. The van der Waals surface area contributed by atoms with Crippen LogP contribution < -0.4 is 11.1 Å². The van der Waals surface area contributed by atoms with Gasteiger partial charge in [-0.2, -0.15) is 0 Å². The number of rotatable bonds is 4. The van der Waals surface area contributed by atoms with Crippen LogP contribution in [-0.2, 0) is 9.53 Å². The molecule has 1 amide bonds. The van der Waals surface area contributed by atoms with Gasteiger partial charge >= 0.3 is 0 Å². The van der Waals surface area contributed by atoms with E-state index >= 15 is 0 Å². The van der Waals surface area contributed by atoms with Crippen LogP contribution >= 0.6 is 0 Å². The third kappa shape index (κ3) is 4.77. The predicted octanol–water partition coefficient (Wildman–Crippen LogP) is 2.07. The fourth-order valence-electron chi connectivity index (χ4n) is 2.34. The zero-order valence-corrected chi connectivity index (χ0v) is 13.0. The van der Waals surface area contributed by atoms with Gasteiger partial charge in [-0.1, -0.05) is 41.0 Å². The molecule has 0 aromatic rings. The Morgan fingerprint density at radius 2 is 2.11 bits per heavy atom. The highest BCUT2D eigenvalue weighted by Gasteiger charge is 2.33. The second-order valence-electron chi connectivity index (χ2n) is 6.87. The summed E-state index contributed by atoms with van der Waals surface area (Å²) in [7, 11) is 0. The Bertz CT molecular complexity index is 299. The van der Waals surface area contributed by atoms with Gasteiger partial charge in [0.25, 0.3) is 0 Å². The quantitative estimate of drug-likeness (QED) is 0.822. The molecule has 0 bridgehead atoms. The second kappa shape index (κ2) is 6.71. The van der Waals surface area contributed by atoms with Crippen molar-refractivity contribution in [2.75, 3.05) is 6.61 Å². The number of hydrogen-bond acceptors (Lipinski definition) is 3. The van der Waals surface area contributed by atoms with Crippen LogP contribution in [0.25, 0.3) is 0 Å². The summed E-state index contributed by atoms with van der Waals surface area (Å²) in [6.07, 6.45) is 2.88. The Balaban J connectivity index is 2.51. The van der Waals surface area contributed by atoms with E-state index in [4.69, 9.17) is 10.5 Å². The predicted molar refractivity (Wildman–Crippen MR) is 77.8 cm³/mol. The van der Waals surface area contributed by atoms with Gasteiger partial charge in [-0.05, 0) is 24.2 Å². The molecule has 0 saturated carbocycles. The van der Waals surface area contributed by atoms with Crippen molar-refractivity contribution >= 4 is 5.91 Å². The molecule has 1 aliphatic rings. The van der Waals surface area contributed by atoms with Gasteiger partial charge in [0.15, 0.2) is 0 Å². The molecule has 4 atom stereocenters. The van der Waals surface area contributed by atoms with Crippen LogP contribution in [0.2, 0.25) is 0 Å². The zero-order valence-electron chi connectivity index (χ0n) is 13.0. The van der Waals surface area contributed by atoms with E-state index in [0.717, 1.165) is 19.3 Å². The number of hydrogen-bond donors (Lipinski definition) is 2. The van der Waals surface area contributed by atoms with Crippen molar-refractivity contribution in [3.05, 3.63) is 0 Å². The minimum atomic E-state index is -0.402. The summed E-state index contributed by atoms with van der Waals surface area (Å²) in [6, 6.07) is -0.207. The summed E-state index contributed by atoms with van der Waals surface area (Å²) >= 11 is 0. The lowest BCUT2D eigenvalue weighted by Crippen LogP contribution is -2.51. The number of ether oxygens (including phenoxy) is 1. The fourth-order valence-corrected chi connectivity index (χ4v) is 2.34. The molecule has 4 unspecified atom stereocenters. The molecule has 0 spiro atoms. The smallest absolute Gasteiger partial charge is 0.237 e. The second-order valence-corrected chi connectivity index (χ2v) is 6.87. The average Bonchev–Trinajstić information content (AvgIpc) is 2.36. The number of nitrogens with two attached hydrogens (primary N) is 1. The van der Waals surface area contributed by atoms with E-state index in [1.165, 1.54) is 0 Å². The first-order chi connectivity index (χ1) is 8.75. The SMILES string of the molecule is CCC(C)C(N)C(=O)NC1CCOC(C(C)(C)C)C1. The monoisotopic (exact) mass is 270 g/mol. The van der Waals surface area contributed by atoms with Gasteiger partial charge in [0.05, 0.1) is 12.1 Å². The first kappa shape index (κ1) is 16.4. The highest BCUT2D eigenvalue weighted by Crippen LogP contribution is 2.29. The van der Waals surface area contributed by atoms with Gasteiger partial charge < -0.3 is 15.8 Å². The van der Waals surface area contributed by atoms with Crippen LogP contribution in [0.5, 0.6) is 0 Å². The fraction of sp³-hybridized carbons (Fsp3) is 0.933. The van der Waals surface area contributed by atoms with Gasteiger partial charge in [0, 0.05) is 12.6 Å². The normalized spacial score (nSPS) is 27.7. The van der Waals surface area contributed by atoms with E-state index in [2.05, 4.69) is 33.0 Å². The third-order valence-corrected chi connectivity index (χ3v) is 4.16. The molecule has 0 aromatic heterocycles. The standard InChI is InChI=1S/C15H30N2O2/c1-6-10(2)13(16)14(18)17-11-7-8-19-12(9-11)15(3,4)5/h10-13H,6-9,16H2,1-5H3,(H,17,18). The van der Waals surface area contributed by atoms with Gasteiger partial charge in [0.2, 0.25) is 5.91 Å². The minimum Gasteiger partial charge on any atom is -0.378 e. The Hall–Kier alpha value is -0.610. The Kier molecular flexibility index (Phi) is 5.81. The van der Waals surface area contributed by atoms with E-state index < -0.39 is 6.04 Å². The highest BCUT2D eigenvalue weighted by molar-refractivity contribution is 5.82. The van der Waals surface area contributed by atoms with Crippen LogP contribution in [0, 0.1) is 11.3 Å². The molecular formula is C15H30N2O2. The molecule has 112 valence electrons. The minimum absolute atomic E-state index is 0.0195. The summed E-state index contributed by atoms with van der Waals surface area (Å²) in [6.45, 7) is 11.3. The average molecular weight is 270 g/mol. The molecule has 4 nitrogen and oxygen atoms in total. The molecule has 1 rings (SSSR count). The van der Waals surface area contributed by atoms with E-state index in [0.29, 0.717) is 6.61 Å². The largest absolute Gasteiger partial charge is 0.378 e. The molecule has 1 saturated heterocycles. The summed E-state index contributed by atoms with van der Waals surface area (Å²) in [4.78, 5) is 12.1. The number of carbonyl (C=O) groups is 1. The van der Waals surface area contributed by atoms with Gasteiger partial charge in [-0.3, -0.25) is 4.79 Å². The van der Waals surface area contributed by atoms with E-state index in [9.17, 15) is 4.79 Å². The van der Waals surface area contributed by atoms with Crippen molar-refractivity contribution in [2.45, 2.75) is 72.1 Å². The number of nitrogens with one attached hydrogen (secondary N) is 1. The molecular weight excluding hydrogens is 240 g/mol. The van der Waals surface area contributed by atoms with Crippen LogP contribution in [0.4, 0.5) is 0 Å². The van der Waals surface area contributed by atoms with Crippen LogP contribution in [0.15, 0.2) is 0 Å². The number of carbonyl (C=O) groups excluding carboxylic acids is 1. The summed E-state index contributed by atoms with van der Waals surface area (Å²) < 4.78 is 5.80. The molecule has 4 heteroatoms. The van der Waals surface area contributed by atoms with Crippen molar-refractivity contribution < 1.29 is 9.53 Å². The van der Waals surface area contributed by atoms with Crippen LogP contribution in [0.1, 0.15) is 53.9 Å². The van der Waals surface area contributed by atoms with E-state index in [-0.39, 0.29) is 29.4 Å². The first-order valence-corrected chi connectivity index (χ1v) is 7.43. The van der Waals surface area contributed by atoms with Crippen molar-refractivity contribution in [1.82, 2.24) is 5.32 Å². The maximum absolute atomic E-state index is 12.1. The van der Waals surface area contributed by atoms with Gasteiger partial charge in [-0.25, -0.2) is 0 Å². The maximum atomic E-state index is 12.1. The number of amides is 1. The Morgan fingerprint density at radius 1 is 1.47 bits per heavy atom. The summed E-state index contributed by atoms with van der Waals surface area (Å²) in [5.74, 6) is 0.201. The van der Waals surface area contributed by atoms with Crippen LogP contribution in [-0.4, -0.2) is 30.7 Å². The van der Waals surface area contributed by atoms with Gasteiger partial charge in [0.1, 0.15) is 0 Å². The molecule has 0 aliphatic carbocycles. The molecule has 1 fully saturated rings. The topological polar surface area (TPSA) is 64.4 Å². The van der Waals surface area contributed by atoms with E-state index in [1.54, 1.807) is 0 Å². The third-order valence-electron chi connectivity index (χ3n) is 4.16. The Morgan fingerprint density at radius 3 is 2.63 bits per heavy atom. The lowest BCUT2D eigenvalue weighted by Gasteiger charge is -2.38. The summed E-state index contributed by atoms with van der Waals surface area (Å²) in [5.41, 5.74) is 6.08. The molecule has 19 heavy (non-hydrogen) atoms.